The quantitative estimate of drug-likeness (QED) is 0.802. The molecule has 2 atom stereocenters. The molecular weight excluding hydrogens is 215 g/mol. The molecule has 0 fully saturated rings. The van der Waals surface area contributed by atoms with Gasteiger partial charge in [0, 0.05) is 7.11 Å². The standard InChI is InChI=1S/C10H13O4P/c1-8(11)10(15(12,13)14-2)9-6-4-3-5-7-9/h3-7,10H,1-2H3,(H,12,13). The van der Waals surface area contributed by atoms with Crippen molar-refractivity contribution in [3.63, 3.8) is 0 Å². The molecule has 0 aromatic heterocycles. The van der Waals surface area contributed by atoms with Gasteiger partial charge in [0.15, 0.2) is 0 Å². The van der Waals surface area contributed by atoms with E-state index in [0.29, 0.717) is 5.56 Å². The fourth-order valence-electron chi connectivity index (χ4n) is 1.39. The van der Waals surface area contributed by atoms with Crippen LogP contribution < -0.4 is 0 Å². The van der Waals surface area contributed by atoms with Gasteiger partial charge in [0.25, 0.3) is 0 Å². The summed E-state index contributed by atoms with van der Waals surface area (Å²) in [4.78, 5) is 20.9. The molecule has 1 rings (SSSR count). The van der Waals surface area contributed by atoms with Crippen LogP contribution in [0, 0.1) is 0 Å². The number of carbonyl (C=O) groups excluding carboxylic acids is 1. The van der Waals surface area contributed by atoms with Crippen LogP contribution >= 0.6 is 7.60 Å². The Labute approximate surface area is 88.4 Å². The lowest BCUT2D eigenvalue weighted by Gasteiger charge is -2.18. The van der Waals surface area contributed by atoms with E-state index < -0.39 is 13.3 Å². The van der Waals surface area contributed by atoms with Gasteiger partial charge in [-0.3, -0.25) is 9.36 Å². The predicted octanol–water partition coefficient (Wildman–Crippen LogP) is 2.15. The van der Waals surface area contributed by atoms with Crippen molar-refractivity contribution in [1.82, 2.24) is 0 Å². The van der Waals surface area contributed by atoms with Gasteiger partial charge in [-0.1, -0.05) is 30.3 Å². The topological polar surface area (TPSA) is 63.6 Å². The third-order valence-electron chi connectivity index (χ3n) is 2.09. The Morgan fingerprint density at radius 3 is 2.33 bits per heavy atom. The zero-order valence-electron chi connectivity index (χ0n) is 8.58. The third-order valence-corrected chi connectivity index (χ3v) is 3.93. The van der Waals surface area contributed by atoms with Gasteiger partial charge in [-0.15, -0.1) is 0 Å². The number of Topliss-reactive ketones (excluding diaryl/α,β-unsaturated/α-hetero) is 1. The maximum atomic E-state index is 11.6. The van der Waals surface area contributed by atoms with E-state index in [0.717, 1.165) is 7.11 Å². The van der Waals surface area contributed by atoms with Crippen LogP contribution in [0.25, 0.3) is 0 Å². The van der Waals surface area contributed by atoms with Crippen molar-refractivity contribution in [2.45, 2.75) is 12.6 Å². The number of hydrogen-bond donors (Lipinski definition) is 1. The maximum absolute atomic E-state index is 11.6. The number of rotatable bonds is 4. The van der Waals surface area contributed by atoms with E-state index in [1.54, 1.807) is 30.3 Å². The predicted molar refractivity (Wildman–Crippen MR) is 56.7 cm³/mol. The van der Waals surface area contributed by atoms with Gasteiger partial charge < -0.3 is 9.42 Å². The number of hydrogen-bond acceptors (Lipinski definition) is 3. The van der Waals surface area contributed by atoms with Crippen LogP contribution in [0.15, 0.2) is 30.3 Å². The largest absolute Gasteiger partial charge is 0.342 e. The fourth-order valence-corrected chi connectivity index (χ4v) is 2.61. The molecule has 1 aromatic carbocycles. The molecule has 2 unspecified atom stereocenters. The van der Waals surface area contributed by atoms with E-state index in [4.69, 9.17) is 0 Å². The molecule has 0 aliphatic heterocycles. The van der Waals surface area contributed by atoms with Crippen LogP contribution in [0.1, 0.15) is 18.1 Å². The van der Waals surface area contributed by atoms with Crippen molar-refractivity contribution in [2.24, 2.45) is 0 Å². The van der Waals surface area contributed by atoms with Crippen molar-refractivity contribution in [3.05, 3.63) is 35.9 Å². The zero-order valence-corrected chi connectivity index (χ0v) is 9.48. The van der Waals surface area contributed by atoms with Crippen molar-refractivity contribution in [1.29, 1.82) is 0 Å². The molecule has 0 saturated heterocycles. The van der Waals surface area contributed by atoms with Crippen molar-refractivity contribution in [2.75, 3.05) is 7.11 Å². The number of benzene rings is 1. The molecule has 4 nitrogen and oxygen atoms in total. The molecule has 0 spiro atoms. The monoisotopic (exact) mass is 228 g/mol. The molecule has 0 saturated carbocycles. The molecule has 0 aliphatic carbocycles. The van der Waals surface area contributed by atoms with Crippen LogP contribution in [0.3, 0.4) is 0 Å². The molecular formula is C10H13O4P. The van der Waals surface area contributed by atoms with Crippen molar-refractivity contribution in [3.8, 4) is 0 Å². The van der Waals surface area contributed by atoms with Crippen molar-refractivity contribution < 1.29 is 18.8 Å². The molecule has 0 radical (unpaired) electrons. The van der Waals surface area contributed by atoms with E-state index in [1.807, 2.05) is 0 Å². The minimum Gasteiger partial charge on any atom is -0.324 e. The minimum atomic E-state index is -3.91. The van der Waals surface area contributed by atoms with Gasteiger partial charge in [-0.2, -0.15) is 0 Å². The SMILES string of the molecule is COP(=O)(O)C(C(C)=O)c1ccccc1. The van der Waals surface area contributed by atoms with Crippen LogP contribution in [0.4, 0.5) is 0 Å². The molecule has 1 N–H and O–H groups in total. The Morgan fingerprint density at radius 1 is 1.40 bits per heavy atom. The first kappa shape index (κ1) is 12.1. The second-order valence-electron chi connectivity index (χ2n) is 3.17. The molecule has 0 bridgehead atoms. The summed E-state index contributed by atoms with van der Waals surface area (Å²) >= 11 is 0. The van der Waals surface area contributed by atoms with Crippen LogP contribution in [0.2, 0.25) is 0 Å². The molecule has 0 aliphatic rings. The summed E-state index contributed by atoms with van der Waals surface area (Å²) in [6, 6.07) is 8.46. The van der Waals surface area contributed by atoms with Crippen LogP contribution in [-0.4, -0.2) is 17.8 Å². The minimum absolute atomic E-state index is 0.381. The second-order valence-corrected chi connectivity index (χ2v) is 5.18. The van der Waals surface area contributed by atoms with Gasteiger partial charge in [0.1, 0.15) is 11.4 Å². The fraction of sp³-hybridized carbons (Fsp3) is 0.300. The molecule has 0 amide bonds. The summed E-state index contributed by atoms with van der Waals surface area (Å²) in [6.45, 7) is 1.28. The summed E-state index contributed by atoms with van der Waals surface area (Å²) < 4.78 is 16.1. The lowest BCUT2D eigenvalue weighted by Crippen LogP contribution is -2.10. The highest BCUT2D eigenvalue weighted by Gasteiger charge is 2.36. The Bertz CT molecular complexity index is 388. The Balaban J connectivity index is 3.16. The Morgan fingerprint density at radius 2 is 1.93 bits per heavy atom. The van der Waals surface area contributed by atoms with Gasteiger partial charge in [0.05, 0.1) is 0 Å². The summed E-state index contributed by atoms with van der Waals surface area (Å²) in [5.74, 6) is -0.381. The van der Waals surface area contributed by atoms with E-state index in [1.165, 1.54) is 6.92 Å². The Kier molecular flexibility index (Phi) is 3.80. The maximum Gasteiger partial charge on any atom is 0.342 e. The normalized spacial score (nSPS) is 16.7. The molecule has 15 heavy (non-hydrogen) atoms. The van der Waals surface area contributed by atoms with Gasteiger partial charge in [0.2, 0.25) is 0 Å². The highest BCUT2D eigenvalue weighted by atomic mass is 31.2. The first-order chi connectivity index (χ1) is 6.99. The molecule has 1 aromatic rings. The highest BCUT2D eigenvalue weighted by molar-refractivity contribution is 7.54. The lowest BCUT2D eigenvalue weighted by atomic mass is 10.1. The Hall–Kier alpha value is -0.960. The van der Waals surface area contributed by atoms with E-state index in [-0.39, 0.29) is 5.78 Å². The molecule has 0 heterocycles. The summed E-state index contributed by atoms with van der Waals surface area (Å²) in [6.07, 6.45) is 0. The van der Waals surface area contributed by atoms with E-state index >= 15 is 0 Å². The molecule has 82 valence electrons. The third kappa shape index (κ3) is 2.75. The lowest BCUT2D eigenvalue weighted by molar-refractivity contribution is -0.117. The number of carbonyl (C=O) groups is 1. The molecule has 5 heteroatoms. The smallest absolute Gasteiger partial charge is 0.324 e. The average Bonchev–Trinajstić information content (AvgIpc) is 2.18. The summed E-state index contributed by atoms with van der Waals surface area (Å²) in [5, 5.41) is 0. The summed E-state index contributed by atoms with van der Waals surface area (Å²) in [7, 11) is -2.79. The van der Waals surface area contributed by atoms with E-state index in [9.17, 15) is 14.3 Å². The van der Waals surface area contributed by atoms with Gasteiger partial charge >= 0.3 is 7.60 Å². The second kappa shape index (κ2) is 4.71. The summed E-state index contributed by atoms with van der Waals surface area (Å²) in [5.41, 5.74) is -0.596. The van der Waals surface area contributed by atoms with Crippen LogP contribution in [-0.2, 0) is 13.9 Å². The highest BCUT2D eigenvalue weighted by Crippen LogP contribution is 2.56. The average molecular weight is 228 g/mol. The van der Waals surface area contributed by atoms with Gasteiger partial charge in [-0.05, 0) is 12.5 Å². The van der Waals surface area contributed by atoms with Crippen molar-refractivity contribution >= 4 is 13.4 Å². The number of ketones is 1. The van der Waals surface area contributed by atoms with Crippen LogP contribution in [0.5, 0.6) is 0 Å². The first-order valence-electron chi connectivity index (χ1n) is 4.42. The first-order valence-corrected chi connectivity index (χ1v) is 6.07. The van der Waals surface area contributed by atoms with E-state index in [2.05, 4.69) is 4.52 Å². The zero-order chi connectivity index (χ0) is 11.5. The van der Waals surface area contributed by atoms with Gasteiger partial charge in [-0.25, -0.2) is 0 Å².